The third-order valence-corrected chi connectivity index (χ3v) is 7.05. The smallest absolute Gasteiger partial charge is 0.261 e. The average Bonchev–Trinajstić information content (AvgIpc) is 2.77. The highest BCUT2D eigenvalue weighted by molar-refractivity contribution is 7.92. The molecule has 33 heavy (non-hydrogen) atoms. The van der Waals surface area contributed by atoms with Gasteiger partial charge in [-0.2, -0.15) is 0 Å². The van der Waals surface area contributed by atoms with Crippen LogP contribution in [-0.2, 0) is 24.7 Å². The van der Waals surface area contributed by atoms with Gasteiger partial charge in [0.2, 0.25) is 5.91 Å². The lowest BCUT2D eigenvalue weighted by Gasteiger charge is -2.11. The second kappa shape index (κ2) is 10.5. The largest absolute Gasteiger partial charge is 0.494 e. The molecule has 0 saturated carbocycles. The molecule has 0 aliphatic heterocycles. The molecule has 10 heteroatoms. The first kappa shape index (κ1) is 24.3. The molecule has 0 radical (unpaired) electrons. The van der Waals surface area contributed by atoms with Crippen LogP contribution in [0.3, 0.4) is 0 Å². The SMILES string of the molecule is CS(=O)(=O)c1ccc(OCCCC(=O)Nc2cccc(NS(=O)(=O)c3ccccc3)c2)cc1. The van der Waals surface area contributed by atoms with Crippen LogP contribution >= 0.6 is 0 Å². The molecule has 0 bridgehead atoms. The summed E-state index contributed by atoms with van der Waals surface area (Å²) in [5.41, 5.74) is 0.795. The second-order valence-electron chi connectivity index (χ2n) is 7.24. The van der Waals surface area contributed by atoms with E-state index in [0.717, 1.165) is 6.26 Å². The minimum atomic E-state index is -3.73. The zero-order valence-electron chi connectivity index (χ0n) is 17.9. The van der Waals surface area contributed by atoms with Crippen LogP contribution in [0.2, 0.25) is 0 Å². The summed E-state index contributed by atoms with van der Waals surface area (Å²) in [5, 5.41) is 2.73. The van der Waals surface area contributed by atoms with Gasteiger partial charge >= 0.3 is 0 Å². The maximum atomic E-state index is 12.5. The predicted molar refractivity (Wildman–Crippen MR) is 127 cm³/mol. The monoisotopic (exact) mass is 488 g/mol. The van der Waals surface area contributed by atoms with Crippen molar-refractivity contribution in [3.05, 3.63) is 78.9 Å². The van der Waals surface area contributed by atoms with Gasteiger partial charge in [0.25, 0.3) is 10.0 Å². The number of carbonyl (C=O) groups is 1. The van der Waals surface area contributed by atoms with Crippen LogP contribution in [0.4, 0.5) is 11.4 Å². The number of sulfonamides is 1. The van der Waals surface area contributed by atoms with Crippen LogP contribution in [0, 0.1) is 0 Å². The molecule has 8 nitrogen and oxygen atoms in total. The molecular formula is C23H24N2O6S2. The fourth-order valence-electron chi connectivity index (χ4n) is 2.90. The van der Waals surface area contributed by atoms with Gasteiger partial charge in [0.15, 0.2) is 9.84 Å². The Labute approximate surface area is 193 Å². The van der Waals surface area contributed by atoms with Gasteiger partial charge in [0.05, 0.1) is 22.1 Å². The number of nitrogens with one attached hydrogen (secondary N) is 2. The summed E-state index contributed by atoms with van der Waals surface area (Å²) < 4.78 is 55.9. The molecule has 3 aromatic carbocycles. The Hall–Kier alpha value is -3.37. The first-order valence-electron chi connectivity index (χ1n) is 10.0. The first-order chi connectivity index (χ1) is 15.6. The summed E-state index contributed by atoms with van der Waals surface area (Å²) in [5.74, 6) is 0.273. The lowest BCUT2D eigenvalue weighted by atomic mass is 10.2. The Morgan fingerprint density at radius 3 is 2.15 bits per heavy atom. The van der Waals surface area contributed by atoms with Gasteiger partial charge in [-0.15, -0.1) is 0 Å². The first-order valence-corrected chi connectivity index (χ1v) is 13.4. The Balaban J connectivity index is 1.48. The zero-order valence-corrected chi connectivity index (χ0v) is 19.5. The summed E-state index contributed by atoms with van der Waals surface area (Å²) in [6.07, 6.45) is 1.77. The minimum absolute atomic E-state index is 0.144. The van der Waals surface area contributed by atoms with E-state index in [1.54, 1.807) is 48.5 Å². The molecule has 0 unspecified atom stereocenters. The van der Waals surface area contributed by atoms with Crippen molar-refractivity contribution in [3.63, 3.8) is 0 Å². The van der Waals surface area contributed by atoms with Gasteiger partial charge in [-0.25, -0.2) is 16.8 Å². The third kappa shape index (κ3) is 7.33. The van der Waals surface area contributed by atoms with Gasteiger partial charge in [0.1, 0.15) is 5.75 Å². The number of sulfone groups is 1. The molecule has 2 N–H and O–H groups in total. The molecule has 0 heterocycles. The Kier molecular flexibility index (Phi) is 7.72. The third-order valence-electron chi connectivity index (χ3n) is 4.52. The van der Waals surface area contributed by atoms with Gasteiger partial charge in [0, 0.05) is 18.4 Å². The summed E-state index contributed by atoms with van der Waals surface area (Å²) in [6.45, 7) is 0.280. The van der Waals surface area contributed by atoms with Crippen molar-refractivity contribution in [1.82, 2.24) is 0 Å². The van der Waals surface area contributed by atoms with Crippen LogP contribution in [0.25, 0.3) is 0 Å². The zero-order chi connectivity index (χ0) is 23.9. The van der Waals surface area contributed by atoms with Gasteiger partial charge in [-0.1, -0.05) is 24.3 Å². The molecule has 3 aromatic rings. The summed E-state index contributed by atoms with van der Waals surface area (Å²) in [4.78, 5) is 12.6. The van der Waals surface area contributed by atoms with Crippen molar-refractivity contribution in [2.24, 2.45) is 0 Å². The molecule has 0 spiro atoms. The van der Waals surface area contributed by atoms with E-state index in [9.17, 15) is 21.6 Å². The standard InChI is InChI=1S/C23H24N2O6S2/c1-32(27,28)21-14-12-20(13-15-21)31-16-6-11-23(26)24-18-7-5-8-19(17-18)25-33(29,30)22-9-3-2-4-10-22/h2-5,7-10,12-15,17,25H,6,11,16H2,1H3,(H,24,26). The van der Waals surface area contributed by atoms with E-state index in [1.807, 2.05) is 0 Å². The molecule has 174 valence electrons. The summed E-state index contributed by atoms with van der Waals surface area (Å²) in [7, 11) is -6.99. The topological polar surface area (TPSA) is 119 Å². The number of ether oxygens (including phenoxy) is 1. The van der Waals surface area contributed by atoms with Crippen molar-refractivity contribution in [2.45, 2.75) is 22.6 Å². The maximum Gasteiger partial charge on any atom is 0.261 e. The fourth-order valence-corrected chi connectivity index (χ4v) is 4.60. The number of anilines is 2. The summed E-state index contributed by atoms with van der Waals surface area (Å²) in [6, 6.07) is 20.5. The van der Waals surface area contributed by atoms with Gasteiger partial charge in [-0.05, 0) is 61.0 Å². The van der Waals surface area contributed by atoms with Crippen molar-refractivity contribution < 1.29 is 26.4 Å². The molecule has 0 aliphatic rings. The van der Waals surface area contributed by atoms with Crippen molar-refractivity contribution in [2.75, 3.05) is 22.9 Å². The van der Waals surface area contributed by atoms with Crippen LogP contribution < -0.4 is 14.8 Å². The normalized spacial score (nSPS) is 11.5. The van der Waals surface area contributed by atoms with E-state index in [2.05, 4.69) is 10.0 Å². The number of amides is 1. The highest BCUT2D eigenvalue weighted by Gasteiger charge is 2.14. The highest BCUT2D eigenvalue weighted by Crippen LogP contribution is 2.20. The van der Waals surface area contributed by atoms with E-state index in [-0.39, 0.29) is 28.7 Å². The molecule has 3 rings (SSSR count). The van der Waals surface area contributed by atoms with E-state index in [0.29, 0.717) is 23.5 Å². The lowest BCUT2D eigenvalue weighted by Crippen LogP contribution is -2.14. The van der Waals surface area contributed by atoms with E-state index < -0.39 is 19.9 Å². The second-order valence-corrected chi connectivity index (χ2v) is 10.9. The Bertz CT molecular complexity index is 1310. The van der Waals surface area contributed by atoms with Crippen LogP contribution in [-0.4, -0.2) is 35.6 Å². The van der Waals surface area contributed by atoms with Crippen molar-refractivity contribution >= 4 is 37.1 Å². The van der Waals surface area contributed by atoms with Crippen molar-refractivity contribution in [3.8, 4) is 5.75 Å². The van der Waals surface area contributed by atoms with Crippen LogP contribution in [0.15, 0.2) is 88.7 Å². The quantitative estimate of drug-likeness (QED) is 0.420. The minimum Gasteiger partial charge on any atom is -0.494 e. The Morgan fingerprint density at radius 1 is 0.818 bits per heavy atom. The lowest BCUT2D eigenvalue weighted by molar-refractivity contribution is -0.116. The number of benzene rings is 3. The molecule has 0 aromatic heterocycles. The summed E-state index contributed by atoms with van der Waals surface area (Å²) >= 11 is 0. The van der Waals surface area contributed by atoms with Gasteiger partial charge in [-0.3, -0.25) is 9.52 Å². The number of hydrogen-bond donors (Lipinski definition) is 2. The molecule has 0 fully saturated rings. The van der Waals surface area contributed by atoms with E-state index >= 15 is 0 Å². The van der Waals surface area contributed by atoms with Crippen molar-refractivity contribution in [1.29, 1.82) is 0 Å². The number of rotatable bonds is 10. The molecule has 1 amide bonds. The van der Waals surface area contributed by atoms with Crippen LogP contribution in [0.5, 0.6) is 5.75 Å². The fraction of sp³-hybridized carbons (Fsp3) is 0.174. The molecular weight excluding hydrogens is 464 g/mol. The molecule has 0 atom stereocenters. The predicted octanol–water partition coefficient (Wildman–Crippen LogP) is 3.69. The van der Waals surface area contributed by atoms with E-state index in [4.69, 9.17) is 4.74 Å². The average molecular weight is 489 g/mol. The number of carbonyl (C=O) groups excluding carboxylic acids is 1. The molecule has 0 aliphatic carbocycles. The van der Waals surface area contributed by atoms with Crippen LogP contribution in [0.1, 0.15) is 12.8 Å². The maximum absolute atomic E-state index is 12.5. The number of hydrogen-bond acceptors (Lipinski definition) is 6. The highest BCUT2D eigenvalue weighted by atomic mass is 32.2. The van der Waals surface area contributed by atoms with Gasteiger partial charge < -0.3 is 10.1 Å². The Morgan fingerprint density at radius 2 is 1.48 bits per heavy atom. The van der Waals surface area contributed by atoms with E-state index in [1.165, 1.54) is 30.3 Å². The molecule has 0 saturated heterocycles.